The van der Waals surface area contributed by atoms with Gasteiger partial charge < -0.3 is 14.8 Å². The van der Waals surface area contributed by atoms with Crippen molar-refractivity contribution in [3.8, 4) is 0 Å². The van der Waals surface area contributed by atoms with Crippen LogP contribution in [0.15, 0.2) is 54.9 Å². The monoisotopic (exact) mass is 622 g/mol. The predicted molar refractivity (Wildman–Crippen MR) is 177 cm³/mol. The quantitative estimate of drug-likeness (QED) is 0.0698. The molecule has 0 spiro atoms. The van der Waals surface area contributed by atoms with Crippen LogP contribution < -0.4 is 9.88 Å². The van der Waals surface area contributed by atoms with Crippen LogP contribution in [0.5, 0.6) is 0 Å². The van der Waals surface area contributed by atoms with Gasteiger partial charge in [-0.2, -0.15) is 0 Å². The number of hydrogen-bond donors (Lipinski definition) is 1. The van der Waals surface area contributed by atoms with E-state index in [4.69, 9.17) is 9.47 Å². The number of ether oxygens (including phenoxy) is 2. The van der Waals surface area contributed by atoms with Gasteiger partial charge in [0.1, 0.15) is 6.61 Å². The lowest BCUT2D eigenvalue weighted by Gasteiger charge is -2.25. The van der Waals surface area contributed by atoms with Gasteiger partial charge in [0, 0.05) is 18.7 Å². The first kappa shape index (κ1) is 36.2. The third-order valence-corrected chi connectivity index (χ3v) is 8.47. The Hall–Kier alpha value is -3.26. The second kappa shape index (κ2) is 22.3. The zero-order chi connectivity index (χ0) is 32.0. The number of benzene rings is 1. The minimum atomic E-state index is -0.701. The van der Waals surface area contributed by atoms with Gasteiger partial charge in [-0.05, 0) is 18.6 Å². The molecule has 1 aromatic heterocycles. The van der Waals surface area contributed by atoms with E-state index >= 15 is 0 Å². The Balaban J connectivity index is 1.29. The van der Waals surface area contributed by atoms with Gasteiger partial charge in [-0.25, -0.2) is 9.36 Å². The summed E-state index contributed by atoms with van der Waals surface area (Å²) in [6.45, 7) is 3.79. The highest BCUT2D eigenvalue weighted by Gasteiger charge is 2.40. The van der Waals surface area contributed by atoms with E-state index in [1.165, 1.54) is 94.8 Å². The van der Waals surface area contributed by atoms with Gasteiger partial charge in [0.15, 0.2) is 18.9 Å². The van der Waals surface area contributed by atoms with E-state index in [0.29, 0.717) is 30.8 Å². The van der Waals surface area contributed by atoms with E-state index in [1.54, 1.807) is 24.3 Å². The van der Waals surface area contributed by atoms with Crippen LogP contribution in [-0.4, -0.2) is 55.2 Å². The van der Waals surface area contributed by atoms with Gasteiger partial charge in [0.05, 0.1) is 30.3 Å². The van der Waals surface area contributed by atoms with Gasteiger partial charge >= 0.3 is 6.09 Å². The molecular formula is C37H56N3O5+. The molecule has 8 heteroatoms. The summed E-state index contributed by atoms with van der Waals surface area (Å²) >= 11 is 0. The Labute approximate surface area is 270 Å². The lowest BCUT2D eigenvalue weighted by Crippen LogP contribution is -2.47. The number of amides is 3. The number of nitrogens with zero attached hydrogens (tertiary/aromatic N) is 2. The Morgan fingerprint density at radius 1 is 0.711 bits per heavy atom. The average molecular weight is 623 g/mol. The minimum absolute atomic E-state index is 0.122. The van der Waals surface area contributed by atoms with Crippen LogP contribution in [0.4, 0.5) is 4.79 Å². The van der Waals surface area contributed by atoms with Gasteiger partial charge in [0.25, 0.3) is 11.8 Å². The Bertz CT molecular complexity index is 1090. The smallest absolute Gasteiger partial charge is 0.407 e. The van der Waals surface area contributed by atoms with Crippen molar-refractivity contribution in [2.24, 2.45) is 0 Å². The predicted octanol–water partition coefficient (Wildman–Crippen LogP) is 7.64. The summed E-state index contributed by atoms with van der Waals surface area (Å²) in [7, 11) is 0. The summed E-state index contributed by atoms with van der Waals surface area (Å²) in [6, 6.07) is 11.9. The summed E-state index contributed by atoms with van der Waals surface area (Å²) in [6.07, 6.45) is 24.2. The van der Waals surface area contributed by atoms with Crippen LogP contribution in [0.2, 0.25) is 0 Å². The number of hydrogen-bond acceptors (Lipinski definition) is 5. The number of aromatic nitrogens is 1. The summed E-state index contributed by atoms with van der Waals surface area (Å²) in [5.41, 5.74) is 0.740. The second-order valence-electron chi connectivity index (χ2n) is 12.2. The van der Waals surface area contributed by atoms with Crippen molar-refractivity contribution in [3.63, 3.8) is 0 Å². The third-order valence-electron chi connectivity index (χ3n) is 8.47. The number of carbonyl (C=O) groups excluding carboxylic acids is 3. The molecule has 0 bridgehead atoms. The van der Waals surface area contributed by atoms with Crippen LogP contribution in [-0.2, 0) is 16.0 Å². The summed E-state index contributed by atoms with van der Waals surface area (Å²) in [4.78, 5) is 39.8. The van der Waals surface area contributed by atoms with E-state index < -0.39 is 12.1 Å². The molecule has 1 aliphatic rings. The molecule has 248 valence electrons. The molecule has 1 atom stereocenters. The van der Waals surface area contributed by atoms with Gasteiger partial charge in [0.2, 0.25) is 0 Å². The standard InChI is InChI=1S/C37H55N3O5/c1-2-3-4-5-6-7-8-9-10-11-12-13-14-15-16-22-29-44-30-32(40-35(41)33-23-18-19-24-34(33)36(40)42)31-45-37(43)38-25-28-39-26-20-17-21-27-39/h17-21,23-24,26-27,32H,2-16,22,25,28-31H2,1H3/p+1. The molecule has 3 amide bonds. The van der Waals surface area contributed by atoms with E-state index in [-0.39, 0.29) is 25.0 Å². The molecule has 45 heavy (non-hydrogen) atoms. The molecule has 0 fully saturated rings. The molecule has 0 aliphatic carbocycles. The summed E-state index contributed by atoms with van der Waals surface area (Å²) in [5.74, 6) is -0.757. The van der Waals surface area contributed by atoms with E-state index in [9.17, 15) is 14.4 Å². The van der Waals surface area contributed by atoms with Crippen LogP contribution in [0.1, 0.15) is 130 Å². The molecule has 0 saturated carbocycles. The summed E-state index contributed by atoms with van der Waals surface area (Å²) in [5, 5.41) is 2.73. The Morgan fingerprint density at radius 2 is 1.22 bits per heavy atom. The number of alkyl carbamates (subject to hydrolysis) is 1. The molecule has 8 nitrogen and oxygen atoms in total. The van der Waals surface area contributed by atoms with Crippen molar-refractivity contribution < 1.29 is 28.4 Å². The zero-order valence-corrected chi connectivity index (χ0v) is 27.6. The largest absolute Gasteiger partial charge is 0.447 e. The maximum absolute atomic E-state index is 13.1. The van der Waals surface area contributed by atoms with Crippen molar-refractivity contribution in [1.29, 1.82) is 0 Å². The highest BCUT2D eigenvalue weighted by molar-refractivity contribution is 6.21. The van der Waals surface area contributed by atoms with Crippen LogP contribution in [0, 0.1) is 0 Å². The molecule has 1 aromatic carbocycles. The average Bonchev–Trinajstić information content (AvgIpc) is 3.31. The summed E-state index contributed by atoms with van der Waals surface area (Å²) < 4.78 is 13.3. The molecule has 2 aromatic rings. The van der Waals surface area contributed by atoms with Crippen molar-refractivity contribution in [3.05, 3.63) is 66.0 Å². The van der Waals surface area contributed by atoms with Crippen LogP contribution in [0.25, 0.3) is 0 Å². The fourth-order valence-corrected chi connectivity index (χ4v) is 5.80. The van der Waals surface area contributed by atoms with Crippen LogP contribution in [0.3, 0.4) is 0 Å². The first-order chi connectivity index (χ1) is 22.1. The fraction of sp³-hybridized carbons (Fsp3) is 0.622. The molecular weight excluding hydrogens is 566 g/mol. The molecule has 1 aliphatic heterocycles. The number of imide groups is 1. The van der Waals surface area contributed by atoms with Gasteiger partial charge in [-0.1, -0.05) is 121 Å². The molecule has 0 radical (unpaired) electrons. The Kier molecular flexibility index (Phi) is 17.9. The Morgan fingerprint density at radius 3 is 1.76 bits per heavy atom. The molecule has 1 N–H and O–H groups in total. The first-order valence-corrected chi connectivity index (χ1v) is 17.5. The van der Waals surface area contributed by atoms with E-state index in [1.807, 2.05) is 35.2 Å². The van der Waals surface area contributed by atoms with Crippen molar-refractivity contribution >= 4 is 17.9 Å². The number of pyridine rings is 1. The first-order valence-electron chi connectivity index (χ1n) is 17.5. The molecule has 1 unspecified atom stereocenters. The molecule has 0 saturated heterocycles. The van der Waals surface area contributed by atoms with Crippen molar-refractivity contribution in [2.75, 3.05) is 26.4 Å². The van der Waals surface area contributed by atoms with E-state index in [2.05, 4.69) is 12.2 Å². The van der Waals surface area contributed by atoms with Gasteiger partial charge in [-0.3, -0.25) is 14.5 Å². The second-order valence-corrected chi connectivity index (χ2v) is 12.2. The van der Waals surface area contributed by atoms with Gasteiger partial charge in [-0.15, -0.1) is 0 Å². The third kappa shape index (κ3) is 13.7. The lowest BCUT2D eigenvalue weighted by molar-refractivity contribution is -0.694. The number of carbonyl (C=O) groups is 3. The topological polar surface area (TPSA) is 88.8 Å². The lowest BCUT2D eigenvalue weighted by atomic mass is 10.0. The minimum Gasteiger partial charge on any atom is -0.447 e. The highest BCUT2D eigenvalue weighted by atomic mass is 16.6. The fourth-order valence-electron chi connectivity index (χ4n) is 5.80. The maximum Gasteiger partial charge on any atom is 0.407 e. The SMILES string of the molecule is CCCCCCCCCCCCCCCCCCOCC(COC(=O)NCC[n+]1ccccc1)N1C(=O)c2ccccc2C1=O. The molecule has 3 rings (SSSR count). The number of rotatable bonds is 25. The zero-order valence-electron chi connectivity index (χ0n) is 27.6. The van der Waals surface area contributed by atoms with E-state index in [0.717, 1.165) is 12.8 Å². The normalized spacial score (nSPS) is 13.2. The van der Waals surface area contributed by atoms with Crippen molar-refractivity contribution in [2.45, 2.75) is 122 Å². The van der Waals surface area contributed by atoms with Crippen molar-refractivity contribution in [1.82, 2.24) is 10.2 Å². The maximum atomic E-state index is 13.1. The highest BCUT2D eigenvalue weighted by Crippen LogP contribution is 2.25. The number of fused-ring (bicyclic) bond motifs is 1. The number of unbranched alkanes of at least 4 members (excludes halogenated alkanes) is 15. The number of nitrogens with one attached hydrogen (secondary N) is 1. The van der Waals surface area contributed by atoms with Crippen LogP contribution >= 0.6 is 0 Å². The molecule has 2 heterocycles.